The summed E-state index contributed by atoms with van der Waals surface area (Å²) in [6.07, 6.45) is 6.09. The minimum atomic E-state index is 0. The van der Waals surface area contributed by atoms with E-state index in [-0.39, 0.29) is 30.1 Å². The monoisotopic (exact) mass is 540 g/mol. The first-order valence-electron chi connectivity index (χ1n) is 11.1. The lowest BCUT2D eigenvalue weighted by atomic mass is 10.1. The van der Waals surface area contributed by atoms with Gasteiger partial charge < -0.3 is 19.9 Å². The normalized spacial score (nSPS) is 15.5. The van der Waals surface area contributed by atoms with Gasteiger partial charge >= 0.3 is 0 Å². The van der Waals surface area contributed by atoms with Gasteiger partial charge in [0.05, 0.1) is 19.2 Å². The molecule has 2 aromatic rings. The van der Waals surface area contributed by atoms with Crippen molar-refractivity contribution in [1.29, 1.82) is 0 Å². The van der Waals surface area contributed by atoms with Gasteiger partial charge in [-0.3, -0.25) is 0 Å². The number of halogens is 1. The molecular formula is C23H37IN6O. The Hall–Kier alpha value is -1.84. The Morgan fingerprint density at radius 1 is 1.26 bits per heavy atom. The molecule has 0 amide bonds. The molecule has 1 fully saturated rings. The summed E-state index contributed by atoms with van der Waals surface area (Å²) in [6.45, 7) is 9.44. The highest BCUT2D eigenvalue weighted by Gasteiger charge is 2.17. The number of hydrogen-bond donors (Lipinski definition) is 2. The second kappa shape index (κ2) is 12.3. The third kappa shape index (κ3) is 7.36. The molecule has 0 radical (unpaired) electrons. The molecule has 7 nitrogen and oxygen atoms in total. The summed E-state index contributed by atoms with van der Waals surface area (Å²) in [6, 6.07) is 6.83. The summed E-state index contributed by atoms with van der Waals surface area (Å²) in [4.78, 5) is 4.89. The van der Waals surface area contributed by atoms with Gasteiger partial charge in [-0.1, -0.05) is 31.9 Å². The lowest BCUT2D eigenvalue weighted by molar-refractivity contribution is 0.215. The van der Waals surface area contributed by atoms with Crippen molar-refractivity contribution in [3.63, 3.8) is 0 Å². The van der Waals surface area contributed by atoms with E-state index in [1.54, 1.807) is 0 Å². The molecule has 172 valence electrons. The van der Waals surface area contributed by atoms with Crippen molar-refractivity contribution in [2.75, 3.05) is 0 Å². The quantitative estimate of drug-likeness (QED) is 0.295. The van der Waals surface area contributed by atoms with Crippen molar-refractivity contribution < 1.29 is 4.74 Å². The van der Waals surface area contributed by atoms with Crippen molar-refractivity contribution in [2.24, 2.45) is 12.0 Å². The van der Waals surface area contributed by atoms with E-state index in [1.165, 1.54) is 31.2 Å². The van der Waals surface area contributed by atoms with Crippen LogP contribution in [0.3, 0.4) is 0 Å². The van der Waals surface area contributed by atoms with Gasteiger partial charge in [0.15, 0.2) is 11.8 Å². The number of rotatable bonds is 8. The van der Waals surface area contributed by atoms with Gasteiger partial charge in [0.2, 0.25) is 0 Å². The molecule has 1 aromatic carbocycles. The largest absolute Gasteiger partial charge is 0.490 e. The minimum Gasteiger partial charge on any atom is -0.490 e. The van der Waals surface area contributed by atoms with Crippen molar-refractivity contribution in [3.05, 3.63) is 41.0 Å². The van der Waals surface area contributed by atoms with Crippen LogP contribution in [0.1, 0.15) is 68.7 Å². The van der Waals surface area contributed by atoms with Crippen molar-refractivity contribution in [2.45, 2.75) is 85.0 Å². The molecule has 1 aliphatic carbocycles. The smallest absolute Gasteiger partial charge is 0.192 e. The van der Waals surface area contributed by atoms with Gasteiger partial charge in [0.1, 0.15) is 11.6 Å². The van der Waals surface area contributed by atoms with Crippen LogP contribution in [0.5, 0.6) is 5.75 Å². The van der Waals surface area contributed by atoms with Crippen LogP contribution < -0.4 is 15.4 Å². The molecule has 1 aliphatic rings. The molecule has 1 unspecified atom stereocenters. The van der Waals surface area contributed by atoms with Gasteiger partial charge in [0.25, 0.3) is 0 Å². The van der Waals surface area contributed by atoms with Gasteiger partial charge in [-0.15, -0.1) is 34.2 Å². The van der Waals surface area contributed by atoms with Crippen LogP contribution in [-0.2, 0) is 20.1 Å². The molecule has 0 aliphatic heterocycles. The molecule has 1 atom stereocenters. The van der Waals surface area contributed by atoms with E-state index in [4.69, 9.17) is 9.73 Å². The average Bonchev–Trinajstić information content (AvgIpc) is 3.35. The molecule has 0 spiro atoms. The van der Waals surface area contributed by atoms with E-state index in [0.29, 0.717) is 19.1 Å². The molecule has 31 heavy (non-hydrogen) atoms. The maximum atomic E-state index is 6.16. The summed E-state index contributed by atoms with van der Waals surface area (Å²) in [7, 11) is 1.98. The van der Waals surface area contributed by atoms with E-state index in [9.17, 15) is 0 Å². The third-order valence-corrected chi connectivity index (χ3v) is 5.83. The number of nitrogens with zero attached hydrogens (tertiary/aromatic N) is 4. The number of aliphatic imine (C=N–C) groups is 1. The topological polar surface area (TPSA) is 76.4 Å². The molecule has 1 aromatic heterocycles. The maximum Gasteiger partial charge on any atom is 0.192 e. The number of benzene rings is 1. The number of hydrogen-bond acceptors (Lipinski definition) is 4. The highest BCUT2D eigenvalue weighted by molar-refractivity contribution is 14.0. The van der Waals surface area contributed by atoms with Crippen LogP contribution in [0.4, 0.5) is 0 Å². The van der Waals surface area contributed by atoms with Crippen LogP contribution in [0, 0.1) is 13.8 Å². The number of guanidine groups is 1. The zero-order valence-corrected chi connectivity index (χ0v) is 21.8. The number of ether oxygens (including phenoxy) is 1. The van der Waals surface area contributed by atoms with E-state index in [0.717, 1.165) is 35.3 Å². The van der Waals surface area contributed by atoms with E-state index < -0.39 is 0 Å². The molecule has 0 bridgehead atoms. The lowest BCUT2D eigenvalue weighted by Gasteiger charge is -2.19. The van der Waals surface area contributed by atoms with Crippen LogP contribution >= 0.6 is 24.0 Å². The summed E-state index contributed by atoms with van der Waals surface area (Å²) in [5.41, 5.74) is 2.30. The predicted molar refractivity (Wildman–Crippen MR) is 136 cm³/mol. The third-order valence-electron chi connectivity index (χ3n) is 5.83. The molecule has 0 saturated heterocycles. The second-order valence-corrected chi connectivity index (χ2v) is 8.31. The summed E-state index contributed by atoms with van der Waals surface area (Å²) in [5.74, 6) is 3.54. The molecule has 1 heterocycles. The fourth-order valence-corrected chi connectivity index (χ4v) is 3.55. The SMILES string of the molecule is CCC(C)Oc1cc(C)ccc1CN=C(NCc1nnc(C)n1C)NC1CCCC1.I. The maximum absolute atomic E-state index is 6.16. The average molecular weight is 540 g/mol. The Bertz CT molecular complexity index is 860. The Kier molecular flexibility index (Phi) is 10.1. The number of aromatic nitrogens is 3. The van der Waals surface area contributed by atoms with Crippen LogP contribution in [0.25, 0.3) is 0 Å². The van der Waals surface area contributed by atoms with Crippen LogP contribution in [0.2, 0.25) is 0 Å². The zero-order chi connectivity index (χ0) is 21.5. The first-order valence-corrected chi connectivity index (χ1v) is 11.1. The van der Waals surface area contributed by atoms with Gasteiger partial charge in [-0.05, 0) is 51.7 Å². The fraction of sp³-hybridized carbons (Fsp3) is 0.609. The predicted octanol–water partition coefficient (Wildman–Crippen LogP) is 4.41. The van der Waals surface area contributed by atoms with Crippen molar-refractivity contribution >= 4 is 29.9 Å². The fourth-order valence-electron chi connectivity index (χ4n) is 3.55. The Morgan fingerprint density at radius 3 is 2.65 bits per heavy atom. The van der Waals surface area contributed by atoms with Crippen molar-refractivity contribution in [1.82, 2.24) is 25.4 Å². The summed E-state index contributed by atoms with van der Waals surface area (Å²) < 4.78 is 8.16. The molecule has 8 heteroatoms. The minimum absolute atomic E-state index is 0. The first kappa shape index (κ1) is 25.4. The molecule has 3 rings (SSSR count). The number of aryl methyl sites for hydroxylation is 2. The van der Waals surface area contributed by atoms with Crippen molar-refractivity contribution in [3.8, 4) is 5.75 Å². The zero-order valence-electron chi connectivity index (χ0n) is 19.4. The van der Waals surface area contributed by atoms with E-state index in [1.807, 2.05) is 18.5 Å². The van der Waals surface area contributed by atoms with E-state index >= 15 is 0 Å². The van der Waals surface area contributed by atoms with E-state index in [2.05, 4.69) is 59.8 Å². The molecule has 1 saturated carbocycles. The Labute approximate surface area is 203 Å². The highest BCUT2D eigenvalue weighted by Crippen LogP contribution is 2.23. The van der Waals surface area contributed by atoms with Crippen LogP contribution in [-0.4, -0.2) is 32.9 Å². The standard InChI is InChI=1S/C23H36N6O.HI/c1-6-17(3)30-21-13-16(2)11-12-19(21)14-24-23(26-20-9-7-8-10-20)25-15-22-28-27-18(4)29(22)5;/h11-13,17,20H,6-10,14-15H2,1-5H3,(H2,24,25,26);1H. The second-order valence-electron chi connectivity index (χ2n) is 8.31. The Morgan fingerprint density at radius 2 is 2.00 bits per heavy atom. The van der Waals surface area contributed by atoms with Gasteiger partial charge in [-0.25, -0.2) is 4.99 Å². The van der Waals surface area contributed by atoms with Gasteiger partial charge in [-0.2, -0.15) is 0 Å². The summed E-state index contributed by atoms with van der Waals surface area (Å²) >= 11 is 0. The highest BCUT2D eigenvalue weighted by atomic mass is 127. The first-order chi connectivity index (χ1) is 14.5. The Balaban J connectivity index is 0.00000341. The molecule has 2 N–H and O–H groups in total. The molecular weight excluding hydrogens is 503 g/mol. The number of nitrogens with one attached hydrogen (secondary N) is 2. The summed E-state index contributed by atoms with van der Waals surface area (Å²) in [5, 5.41) is 15.4. The van der Waals surface area contributed by atoms with Crippen LogP contribution in [0.15, 0.2) is 23.2 Å². The lowest BCUT2D eigenvalue weighted by Crippen LogP contribution is -2.42. The van der Waals surface area contributed by atoms with Gasteiger partial charge in [0, 0.05) is 18.7 Å².